The van der Waals surface area contributed by atoms with Gasteiger partial charge in [0.1, 0.15) is 12.3 Å². The van der Waals surface area contributed by atoms with Crippen LogP contribution in [0.3, 0.4) is 0 Å². The molecular formula is C13H10N2O2. The SMILES string of the molecule is OCc1cc(-c2cncc3ccccc23)no1. The molecule has 0 bridgehead atoms. The zero-order chi connectivity index (χ0) is 11.7. The molecule has 0 saturated heterocycles. The molecule has 3 rings (SSSR count). The summed E-state index contributed by atoms with van der Waals surface area (Å²) in [5.74, 6) is 0.452. The van der Waals surface area contributed by atoms with Crippen LogP contribution in [-0.2, 0) is 6.61 Å². The minimum Gasteiger partial charge on any atom is -0.388 e. The van der Waals surface area contributed by atoms with E-state index in [1.807, 2.05) is 30.5 Å². The van der Waals surface area contributed by atoms with Gasteiger partial charge in [-0.15, -0.1) is 0 Å². The van der Waals surface area contributed by atoms with Gasteiger partial charge in [-0.3, -0.25) is 4.98 Å². The van der Waals surface area contributed by atoms with Gasteiger partial charge in [-0.05, 0) is 5.39 Å². The van der Waals surface area contributed by atoms with E-state index in [1.165, 1.54) is 0 Å². The summed E-state index contributed by atoms with van der Waals surface area (Å²) in [6.45, 7) is -0.148. The van der Waals surface area contributed by atoms with Crippen LogP contribution in [-0.4, -0.2) is 15.2 Å². The monoisotopic (exact) mass is 226 g/mol. The minimum absolute atomic E-state index is 0.148. The van der Waals surface area contributed by atoms with E-state index in [9.17, 15) is 0 Å². The van der Waals surface area contributed by atoms with Crippen molar-refractivity contribution in [2.75, 3.05) is 0 Å². The summed E-state index contributed by atoms with van der Waals surface area (Å²) >= 11 is 0. The second-order valence-corrected chi connectivity index (χ2v) is 3.74. The number of benzene rings is 1. The lowest BCUT2D eigenvalue weighted by Gasteiger charge is -2.01. The summed E-state index contributed by atoms with van der Waals surface area (Å²) in [4.78, 5) is 4.18. The van der Waals surface area contributed by atoms with Crippen molar-refractivity contribution in [1.82, 2.24) is 10.1 Å². The second-order valence-electron chi connectivity index (χ2n) is 3.74. The van der Waals surface area contributed by atoms with Crippen LogP contribution in [0.2, 0.25) is 0 Å². The Morgan fingerprint density at radius 3 is 2.88 bits per heavy atom. The molecule has 0 radical (unpaired) electrons. The Labute approximate surface area is 97.5 Å². The number of fused-ring (bicyclic) bond motifs is 1. The molecule has 1 N–H and O–H groups in total. The summed E-state index contributed by atoms with van der Waals surface area (Å²) in [5, 5.41) is 15.0. The molecule has 0 amide bonds. The van der Waals surface area contributed by atoms with Crippen molar-refractivity contribution in [3.8, 4) is 11.3 Å². The van der Waals surface area contributed by atoms with Gasteiger partial charge in [-0.1, -0.05) is 29.4 Å². The van der Waals surface area contributed by atoms with Crippen LogP contribution in [0, 0.1) is 0 Å². The zero-order valence-corrected chi connectivity index (χ0v) is 9.00. The van der Waals surface area contributed by atoms with E-state index >= 15 is 0 Å². The highest BCUT2D eigenvalue weighted by Gasteiger charge is 2.09. The van der Waals surface area contributed by atoms with Gasteiger partial charge in [0.25, 0.3) is 0 Å². The molecule has 84 valence electrons. The minimum atomic E-state index is -0.148. The molecule has 0 aliphatic heterocycles. The Morgan fingerprint density at radius 1 is 1.18 bits per heavy atom. The number of aliphatic hydroxyl groups excluding tert-OH is 1. The molecule has 0 atom stereocenters. The first-order valence-corrected chi connectivity index (χ1v) is 5.28. The van der Waals surface area contributed by atoms with E-state index in [0.29, 0.717) is 11.5 Å². The van der Waals surface area contributed by atoms with Gasteiger partial charge in [0.2, 0.25) is 0 Å². The summed E-state index contributed by atoms with van der Waals surface area (Å²) in [6.07, 6.45) is 3.56. The number of hydrogen-bond acceptors (Lipinski definition) is 4. The third kappa shape index (κ3) is 1.68. The van der Waals surface area contributed by atoms with Gasteiger partial charge in [0.05, 0.1) is 0 Å². The van der Waals surface area contributed by atoms with Crippen LogP contribution in [0.25, 0.3) is 22.0 Å². The number of rotatable bonds is 2. The zero-order valence-electron chi connectivity index (χ0n) is 9.00. The molecule has 2 aromatic heterocycles. The van der Waals surface area contributed by atoms with Crippen LogP contribution in [0.5, 0.6) is 0 Å². The first kappa shape index (κ1) is 9.99. The number of aromatic nitrogens is 2. The summed E-state index contributed by atoms with van der Waals surface area (Å²) in [5.41, 5.74) is 1.60. The Kier molecular flexibility index (Phi) is 2.34. The van der Waals surface area contributed by atoms with Gasteiger partial charge < -0.3 is 9.63 Å². The van der Waals surface area contributed by atoms with Crippen LogP contribution in [0.1, 0.15) is 5.76 Å². The third-order valence-corrected chi connectivity index (χ3v) is 2.66. The van der Waals surface area contributed by atoms with Gasteiger partial charge in [0, 0.05) is 29.4 Å². The lowest BCUT2D eigenvalue weighted by Crippen LogP contribution is -1.83. The number of hydrogen-bond donors (Lipinski definition) is 1. The molecule has 0 unspecified atom stereocenters. The van der Waals surface area contributed by atoms with Crippen LogP contribution >= 0.6 is 0 Å². The van der Waals surface area contributed by atoms with Crippen molar-refractivity contribution < 1.29 is 9.63 Å². The molecule has 0 fully saturated rings. The van der Waals surface area contributed by atoms with E-state index in [2.05, 4.69) is 10.1 Å². The molecule has 4 nitrogen and oxygen atoms in total. The first-order chi connectivity index (χ1) is 8.38. The van der Waals surface area contributed by atoms with Crippen molar-refractivity contribution in [3.63, 3.8) is 0 Å². The Morgan fingerprint density at radius 2 is 2.06 bits per heavy atom. The summed E-state index contributed by atoms with van der Waals surface area (Å²) in [7, 11) is 0. The van der Waals surface area contributed by atoms with E-state index in [1.54, 1.807) is 12.3 Å². The Bertz CT molecular complexity index is 656. The second kappa shape index (κ2) is 3.99. The van der Waals surface area contributed by atoms with Crippen LogP contribution in [0.15, 0.2) is 47.2 Å². The topological polar surface area (TPSA) is 59.2 Å². The standard InChI is InChI=1S/C13H10N2O2/c16-8-10-5-13(15-17-10)12-7-14-6-9-3-1-2-4-11(9)12/h1-7,16H,8H2. The summed E-state index contributed by atoms with van der Waals surface area (Å²) < 4.78 is 4.99. The molecule has 1 aromatic carbocycles. The lowest BCUT2D eigenvalue weighted by molar-refractivity contribution is 0.229. The molecule has 0 aliphatic carbocycles. The quantitative estimate of drug-likeness (QED) is 0.728. The van der Waals surface area contributed by atoms with Gasteiger partial charge in [0.15, 0.2) is 5.76 Å². The predicted molar refractivity (Wildman–Crippen MR) is 63.2 cm³/mol. The fraction of sp³-hybridized carbons (Fsp3) is 0.0769. The van der Waals surface area contributed by atoms with Gasteiger partial charge >= 0.3 is 0 Å². The highest BCUT2D eigenvalue weighted by molar-refractivity contribution is 5.94. The lowest BCUT2D eigenvalue weighted by atomic mass is 10.1. The Hall–Kier alpha value is -2.20. The maximum Gasteiger partial charge on any atom is 0.162 e. The largest absolute Gasteiger partial charge is 0.388 e. The number of pyridine rings is 1. The van der Waals surface area contributed by atoms with Gasteiger partial charge in [-0.25, -0.2) is 0 Å². The highest BCUT2D eigenvalue weighted by Crippen LogP contribution is 2.26. The average Bonchev–Trinajstić information content (AvgIpc) is 2.87. The normalized spacial score (nSPS) is 10.9. The van der Waals surface area contributed by atoms with Crippen molar-refractivity contribution in [1.29, 1.82) is 0 Å². The smallest absolute Gasteiger partial charge is 0.162 e. The Balaban J connectivity index is 2.23. The van der Waals surface area contributed by atoms with Crippen LogP contribution in [0.4, 0.5) is 0 Å². The first-order valence-electron chi connectivity index (χ1n) is 5.28. The van der Waals surface area contributed by atoms with Crippen molar-refractivity contribution >= 4 is 10.8 Å². The van der Waals surface area contributed by atoms with E-state index in [-0.39, 0.29) is 6.61 Å². The molecular weight excluding hydrogens is 216 g/mol. The third-order valence-electron chi connectivity index (χ3n) is 2.66. The molecule has 0 saturated carbocycles. The number of nitrogens with zero attached hydrogens (tertiary/aromatic N) is 2. The fourth-order valence-electron chi connectivity index (χ4n) is 1.84. The molecule has 4 heteroatoms. The number of aliphatic hydroxyl groups is 1. The molecule has 0 aliphatic rings. The highest BCUT2D eigenvalue weighted by atomic mass is 16.5. The van der Waals surface area contributed by atoms with E-state index in [4.69, 9.17) is 9.63 Å². The van der Waals surface area contributed by atoms with Crippen molar-refractivity contribution in [2.45, 2.75) is 6.61 Å². The molecule has 0 spiro atoms. The van der Waals surface area contributed by atoms with Crippen LogP contribution < -0.4 is 0 Å². The molecule has 3 aromatic rings. The molecule has 17 heavy (non-hydrogen) atoms. The van der Waals surface area contributed by atoms with E-state index < -0.39 is 0 Å². The van der Waals surface area contributed by atoms with E-state index in [0.717, 1.165) is 16.3 Å². The maximum atomic E-state index is 8.96. The maximum absolute atomic E-state index is 8.96. The van der Waals surface area contributed by atoms with Crippen molar-refractivity contribution in [2.24, 2.45) is 0 Å². The van der Waals surface area contributed by atoms with Crippen molar-refractivity contribution in [3.05, 3.63) is 48.5 Å². The predicted octanol–water partition coefficient (Wildman–Crippen LogP) is 2.38. The summed E-state index contributed by atoms with van der Waals surface area (Å²) in [6, 6.07) is 9.68. The fourth-order valence-corrected chi connectivity index (χ4v) is 1.84. The average molecular weight is 226 g/mol. The molecule has 2 heterocycles. The van der Waals surface area contributed by atoms with Gasteiger partial charge in [-0.2, -0.15) is 0 Å².